The van der Waals surface area contributed by atoms with Gasteiger partial charge in [-0.05, 0) is 47.9 Å². The van der Waals surface area contributed by atoms with Gasteiger partial charge in [-0.3, -0.25) is 0 Å². The van der Waals surface area contributed by atoms with Crippen LogP contribution in [0.3, 0.4) is 0 Å². The average molecular weight is 372 g/mol. The highest BCUT2D eigenvalue weighted by Crippen LogP contribution is 2.45. The van der Waals surface area contributed by atoms with Gasteiger partial charge in [-0.2, -0.15) is 0 Å². The van der Waals surface area contributed by atoms with Crippen molar-refractivity contribution < 1.29 is 14.6 Å². The van der Waals surface area contributed by atoms with E-state index in [1.165, 1.54) is 10.6 Å². The van der Waals surface area contributed by atoms with E-state index >= 15 is 0 Å². The van der Waals surface area contributed by atoms with E-state index in [4.69, 9.17) is 4.74 Å². The van der Waals surface area contributed by atoms with Crippen molar-refractivity contribution in [3.63, 3.8) is 0 Å². The summed E-state index contributed by atoms with van der Waals surface area (Å²) in [6, 6.07) is 8.31. The van der Waals surface area contributed by atoms with Crippen LogP contribution in [0.15, 0.2) is 24.3 Å². The Labute approximate surface area is 158 Å². The molecule has 5 heteroatoms. The molecule has 1 aromatic heterocycles. The summed E-state index contributed by atoms with van der Waals surface area (Å²) >= 11 is 1.67. The second-order valence-corrected chi connectivity index (χ2v) is 9.27. The van der Waals surface area contributed by atoms with Gasteiger partial charge >= 0.3 is 5.97 Å². The summed E-state index contributed by atoms with van der Waals surface area (Å²) in [5.41, 5.74) is 3.93. The molecule has 0 atom stereocenters. The highest BCUT2D eigenvalue weighted by molar-refractivity contribution is 7.16. The molecule has 2 aromatic rings. The number of hydrogen-bond donors (Lipinski definition) is 1. The lowest BCUT2D eigenvalue weighted by atomic mass is 9.76. The molecule has 2 heterocycles. The molecule has 1 aliphatic heterocycles. The average Bonchev–Trinajstić information content (AvgIpc) is 2.92. The van der Waals surface area contributed by atoms with Crippen LogP contribution < -0.4 is 4.90 Å². The number of anilines is 1. The highest BCUT2D eigenvalue weighted by atomic mass is 32.1. The van der Waals surface area contributed by atoms with Crippen molar-refractivity contribution in [1.82, 2.24) is 0 Å². The van der Waals surface area contributed by atoms with E-state index in [1.54, 1.807) is 18.4 Å². The monoisotopic (exact) mass is 371 g/mol. The molecule has 4 nitrogen and oxygen atoms in total. The fraction of sp³-hybridized carbons (Fsp3) is 0.476. The number of benzene rings is 1. The lowest BCUT2D eigenvalue weighted by Gasteiger charge is -2.40. The van der Waals surface area contributed by atoms with Crippen LogP contribution in [-0.4, -0.2) is 37.4 Å². The number of aryl methyl sites for hydroxylation is 1. The van der Waals surface area contributed by atoms with E-state index < -0.39 is 5.97 Å². The molecule has 26 heavy (non-hydrogen) atoms. The minimum atomic E-state index is -0.801. The zero-order valence-electron chi connectivity index (χ0n) is 15.5. The van der Waals surface area contributed by atoms with Crippen LogP contribution in [0.5, 0.6) is 0 Å². The third-order valence-corrected chi connectivity index (χ3v) is 7.01. The molecule has 1 aliphatic carbocycles. The van der Waals surface area contributed by atoms with Crippen LogP contribution in [0, 0.1) is 5.41 Å². The zero-order chi connectivity index (χ0) is 18.5. The summed E-state index contributed by atoms with van der Waals surface area (Å²) in [6.45, 7) is 6.29. The number of methoxy groups -OCH3 is 1. The summed E-state index contributed by atoms with van der Waals surface area (Å²) in [6.07, 6.45) is 3.27. The smallest absolute Gasteiger partial charge is 0.337 e. The molecule has 0 amide bonds. The standard InChI is InChI=1S/C21H25NO3S/c1-21(2)9-8-17-16(10-21)18(20(23)24)19(26-17)13-4-6-14(7-5-13)22-11-15(12-22)25-3/h4-7,15H,8-12H2,1-3H3,(H,23,24). The maximum Gasteiger partial charge on any atom is 0.337 e. The van der Waals surface area contributed by atoms with E-state index in [9.17, 15) is 9.90 Å². The Hall–Kier alpha value is -1.85. The first-order chi connectivity index (χ1) is 12.4. The number of aromatic carboxylic acids is 1. The fourth-order valence-electron chi connectivity index (χ4n) is 3.97. The number of carbonyl (C=O) groups is 1. The van der Waals surface area contributed by atoms with E-state index in [0.717, 1.165) is 48.4 Å². The van der Waals surface area contributed by atoms with Gasteiger partial charge in [0.2, 0.25) is 0 Å². The van der Waals surface area contributed by atoms with Crippen LogP contribution in [0.4, 0.5) is 5.69 Å². The minimum absolute atomic E-state index is 0.175. The van der Waals surface area contributed by atoms with Crippen LogP contribution in [0.1, 0.15) is 41.1 Å². The molecule has 1 fully saturated rings. The van der Waals surface area contributed by atoms with E-state index in [2.05, 4.69) is 43.0 Å². The van der Waals surface area contributed by atoms with Gasteiger partial charge in [-0.25, -0.2) is 4.79 Å². The van der Waals surface area contributed by atoms with E-state index in [0.29, 0.717) is 11.7 Å². The van der Waals surface area contributed by atoms with Gasteiger partial charge in [0.25, 0.3) is 0 Å². The minimum Gasteiger partial charge on any atom is -0.478 e. The Bertz CT molecular complexity index is 832. The number of ether oxygens (including phenoxy) is 1. The van der Waals surface area contributed by atoms with Gasteiger partial charge in [0, 0.05) is 35.6 Å². The van der Waals surface area contributed by atoms with Crippen LogP contribution in [-0.2, 0) is 17.6 Å². The Kier molecular flexibility index (Phi) is 4.32. The topological polar surface area (TPSA) is 49.8 Å². The van der Waals surface area contributed by atoms with Gasteiger partial charge in [0.15, 0.2) is 0 Å². The molecule has 138 valence electrons. The lowest BCUT2D eigenvalue weighted by Crippen LogP contribution is -2.51. The molecule has 1 aromatic carbocycles. The summed E-state index contributed by atoms with van der Waals surface area (Å²) in [7, 11) is 1.75. The highest BCUT2D eigenvalue weighted by Gasteiger charge is 2.33. The van der Waals surface area contributed by atoms with Crippen molar-refractivity contribution in [3.05, 3.63) is 40.3 Å². The third kappa shape index (κ3) is 3.03. The molecule has 0 radical (unpaired) electrons. The Morgan fingerprint density at radius 2 is 1.96 bits per heavy atom. The number of rotatable bonds is 4. The van der Waals surface area contributed by atoms with Crippen molar-refractivity contribution >= 4 is 23.0 Å². The summed E-state index contributed by atoms with van der Waals surface area (Å²) in [5, 5.41) is 9.87. The molecule has 0 saturated carbocycles. The number of carboxylic acids is 1. The third-order valence-electron chi connectivity index (χ3n) is 5.66. The largest absolute Gasteiger partial charge is 0.478 e. The van der Waals surface area contributed by atoms with Gasteiger partial charge in [0.1, 0.15) is 0 Å². The fourth-order valence-corrected chi connectivity index (χ4v) is 5.29. The van der Waals surface area contributed by atoms with E-state index in [1.807, 2.05) is 0 Å². The van der Waals surface area contributed by atoms with Crippen LogP contribution >= 0.6 is 11.3 Å². The molecule has 2 aliphatic rings. The lowest BCUT2D eigenvalue weighted by molar-refractivity contribution is 0.0696. The summed E-state index contributed by atoms with van der Waals surface area (Å²) < 4.78 is 5.33. The van der Waals surface area contributed by atoms with E-state index in [-0.39, 0.29) is 5.41 Å². The molecule has 4 rings (SSSR count). The summed E-state index contributed by atoms with van der Waals surface area (Å²) in [5.74, 6) is -0.801. The normalized spacial score (nSPS) is 19.1. The molecular weight excluding hydrogens is 346 g/mol. The number of fused-ring (bicyclic) bond motifs is 1. The molecule has 0 unspecified atom stereocenters. The first-order valence-electron chi connectivity index (χ1n) is 9.14. The number of thiophene rings is 1. The number of carboxylic acid groups (broad SMARTS) is 1. The molecular formula is C21H25NO3S. The number of hydrogen-bond acceptors (Lipinski definition) is 4. The van der Waals surface area contributed by atoms with Crippen molar-refractivity contribution in [2.24, 2.45) is 5.41 Å². The summed E-state index contributed by atoms with van der Waals surface area (Å²) in [4.78, 5) is 16.5. The number of nitrogens with zero attached hydrogens (tertiary/aromatic N) is 1. The van der Waals surface area contributed by atoms with Crippen LogP contribution in [0.25, 0.3) is 10.4 Å². The first-order valence-corrected chi connectivity index (χ1v) is 9.95. The van der Waals surface area contributed by atoms with Crippen LogP contribution in [0.2, 0.25) is 0 Å². The molecule has 0 bridgehead atoms. The first kappa shape index (κ1) is 17.6. The molecule has 1 N–H and O–H groups in total. The van der Waals surface area contributed by atoms with Crippen molar-refractivity contribution in [1.29, 1.82) is 0 Å². The Balaban J connectivity index is 1.66. The van der Waals surface area contributed by atoms with Gasteiger partial charge in [-0.15, -0.1) is 11.3 Å². The van der Waals surface area contributed by atoms with Crippen molar-refractivity contribution in [3.8, 4) is 10.4 Å². The predicted molar refractivity (Wildman–Crippen MR) is 106 cm³/mol. The Morgan fingerprint density at radius 1 is 1.27 bits per heavy atom. The maximum absolute atomic E-state index is 12.0. The molecule has 0 spiro atoms. The van der Waals surface area contributed by atoms with Gasteiger partial charge < -0.3 is 14.7 Å². The van der Waals surface area contributed by atoms with Gasteiger partial charge in [-0.1, -0.05) is 26.0 Å². The predicted octanol–water partition coefficient (Wildman–Crippen LogP) is 4.46. The quantitative estimate of drug-likeness (QED) is 0.862. The maximum atomic E-state index is 12.0. The van der Waals surface area contributed by atoms with Gasteiger partial charge in [0.05, 0.1) is 11.7 Å². The molecule has 1 saturated heterocycles. The zero-order valence-corrected chi connectivity index (χ0v) is 16.4. The second-order valence-electron chi connectivity index (χ2n) is 8.16. The Morgan fingerprint density at radius 3 is 2.58 bits per heavy atom. The SMILES string of the molecule is COC1CN(c2ccc(-c3sc4c(c3C(=O)O)CC(C)(C)CC4)cc2)C1. The van der Waals surface area contributed by atoms with Crippen molar-refractivity contribution in [2.75, 3.05) is 25.1 Å². The second kappa shape index (κ2) is 6.39. The van der Waals surface area contributed by atoms with Crippen molar-refractivity contribution in [2.45, 2.75) is 39.2 Å².